The number of hydrogen-bond donors (Lipinski definition) is 4. The summed E-state index contributed by atoms with van der Waals surface area (Å²) >= 11 is 2.57. The molecule has 45 heavy (non-hydrogen) atoms. The molecule has 0 fully saturated rings. The van der Waals surface area contributed by atoms with Gasteiger partial charge in [0, 0.05) is 41.8 Å². The molecule has 0 amide bonds. The van der Waals surface area contributed by atoms with Gasteiger partial charge in [0.1, 0.15) is 17.3 Å². The Kier molecular flexibility index (Phi) is 9.70. The molecule has 6 N–H and O–H groups in total. The van der Waals surface area contributed by atoms with Gasteiger partial charge in [0.05, 0.1) is 17.1 Å². The van der Waals surface area contributed by atoms with Crippen LogP contribution in [0.1, 0.15) is 61.4 Å². The highest BCUT2D eigenvalue weighted by atomic mass is 32.1. The van der Waals surface area contributed by atoms with Crippen LogP contribution >= 0.6 is 22.7 Å². The molecule has 0 saturated heterocycles. The highest BCUT2D eigenvalue weighted by molar-refractivity contribution is 7.18. The fraction of sp³-hybridized carbons (Fsp3) is 0.278. The quantitative estimate of drug-likeness (QED) is 0.0784. The number of thiophene rings is 2. The molecule has 0 atom stereocenters. The van der Waals surface area contributed by atoms with Crippen LogP contribution in [0.15, 0.2) is 77.2 Å². The number of nitrogens with two attached hydrogens (primary N) is 2. The minimum absolute atomic E-state index is 0.0368. The molecule has 1 aliphatic carbocycles. The van der Waals surface area contributed by atoms with Crippen molar-refractivity contribution in [1.29, 1.82) is 5.41 Å². The molecule has 1 aliphatic rings. The maximum absolute atomic E-state index is 15.1. The van der Waals surface area contributed by atoms with Crippen LogP contribution in [0.4, 0.5) is 8.78 Å². The van der Waals surface area contributed by atoms with E-state index >= 15 is 8.78 Å². The Balaban J connectivity index is 1.46. The zero-order valence-corrected chi connectivity index (χ0v) is 27.5. The largest absolute Gasteiger partial charge is 0.410 e. The van der Waals surface area contributed by atoms with Crippen LogP contribution in [0.2, 0.25) is 0 Å². The normalized spacial score (nSPS) is 14.9. The predicted molar refractivity (Wildman–Crippen MR) is 185 cm³/mol. The summed E-state index contributed by atoms with van der Waals surface area (Å²) in [5.41, 5.74) is 16.7. The van der Waals surface area contributed by atoms with Crippen LogP contribution in [0.3, 0.4) is 0 Å². The van der Waals surface area contributed by atoms with Gasteiger partial charge >= 0.3 is 0 Å². The van der Waals surface area contributed by atoms with Crippen molar-refractivity contribution < 1.29 is 14.0 Å². The number of hydrogen-bond acceptors (Lipinski definition) is 7. The van der Waals surface area contributed by atoms with E-state index in [0.717, 1.165) is 36.8 Å². The molecule has 234 valence electrons. The van der Waals surface area contributed by atoms with Crippen molar-refractivity contribution in [3.05, 3.63) is 105 Å². The van der Waals surface area contributed by atoms with Crippen LogP contribution < -0.4 is 11.5 Å². The van der Waals surface area contributed by atoms with Crippen molar-refractivity contribution in [2.24, 2.45) is 28.5 Å². The summed E-state index contributed by atoms with van der Waals surface area (Å²) < 4.78 is 30.3. The summed E-state index contributed by atoms with van der Waals surface area (Å²) in [6, 6.07) is 17.7. The molecule has 2 aromatic heterocycles. The van der Waals surface area contributed by atoms with Crippen LogP contribution in [0, 0.1) is 28.9 Å². The van der Waals surface area contributed by atoms with Gasteiger partial charge in [-0.1, -0.05) is 57.1 Å². The van der Waals surface area contributed by atoms with Gasteiger partial charge in [-0.2, -0.15) is 0 Å². The fourth-order valence-corrected chi connectivity index (χ4v) is 7.54. The number of nitrogens with one attached hydrogen (secondary N) is 1. The predicted octanol–water partition coefficient (Wildman–Crippen LogP) is 9.50. The zero-order chi connectivity index (χ0) is 32.4. The summed E-state index contributed by atoms with van der Waals surface area (Å²) in [6.07, 6.45) is 3.59. The number of oxime groups is 1. The van der Waals surface area contributed by atoms with E-state index < -0.39 is 0 Å². The van der Waals surface area contributed by atoms with Crippen LogP contribution in [-0.4, -0.2) is 16.6 Å². The third-order valence-corrected chi connectivity index (χ3v) is 10.2. The van der Waals surface area contributed by atoms with Gasteiger partial charge in [-0.25, -0.2) is 8.78 Å². The van der Waals surface area contributed by atoms with Crippen LogP contribution in [0.5, 0.6) is 0 Å². The molecule has 0 saturated carbocycles. The Morgan fingerprint density at radius 3 is 1.53 bits per heavy atom. The monoisotopic (exact) mass is 644 g/mol. The molecule has 2 aromatic carbocycles. The first-order valence-electron chi connectivity index (χ1n) is 15.1. The zero-order valence-electron chi connectivity index (χ0n) is 25.9. The molecule has 0 radical (unpaired) electrons. The summed E-state index contributed by atoms with van der Waals surface area (Å²) in [5.74, 6) is 0.454. The number of nitrogens with zero attached hydrogens (tertiary/aromatic N) is 1. The smallest absolute Gasteiger partial charge is 0.139 e. The maximum atomic E-state index is 15.1. The topological polar surface area (TPSA) is 108 Å². The summed E-state index contributed by atoms with van der Waals surface area (Å²) in [7, 11) is 0. The lowest BCUT2D eigenvalue weighted by Gasteiger charge is -2.22. The van der Waals surface area contributed by atoms with Crippen molar-refractivity contribution >= 4 is 45.2 Å². The Hall–Kier alpha value is -4.08. The Morgan fingerprint density at radius 1 is 0.689 bits per heavy atom. The molecule has 0 bridgehead atoms. The molecule has 0 unspecified atom stereocenters. The molecular weight excluding hydrogens is 607 g/mol. The second-order valence-corrected chi connectivity index (χ2v) is 14.4. The van der Waals surface area contributed by atoms with E-state index in [0.29, 0.717) is 53.6 Å². The average molecular weight is 645 g/mol. The standard InChI is InChI=1S/C36H38F2N4OS2/c1-19(2)5-7-21-9-11-23(25(37)17-21)27-13-15-29(44-27)31-33(39)34(40)32(36(42-43)35(31)41)30-16-14-28(45-30)24-12-10-22(18-26(24)38)8-6-20(3)4/h9-20,41,43H,5-8,39-40H2,1-4H3/b41-35?,42-36-. The molecule has 0 aliphatic heterocycles. The minimum Gasteiger partial charge on any atom is -0.410 e. The van der Waals surface area contributed by atoms with E-state index in [1.165, 1.54) is 22.7 Å². The van der Waals surface area contributed by atoms with Crippen LogP contribution in [-0.2, 0) is 12.8 Å². The first-order chi connectivity index (χ1) is 21.5. The number of benzene rings is 2. The van der Waals surface area contributed by atoms with Crippen molar-refractivity contribution in [3.8, 4) is 20.9 Å². The van der Waals surface area contributed by atoms with Crippen molar-refractivity contribution in [3.63, 3.8) is 0 Å². The Bertz CT molecular complexity index is 1840. The van der Waals surface area contributed by atoms with E-state index in [2.05, 4.69) is 32.9 Å². The van der Waals surface area contributed by atoms with Gasteiger partial charge in [0.25, 0.3) is 0 Å². The molecule has 5 rings (SSSR count). The third-order valence-electron chi connectivity index (χ3n) is 7.98. The summed E-state index contributed by atoms with van der Waals surface area (Å²) in [4.78, 5) is 2.56. The molecular formula is C36H38F2N4OS2. The van der Waals surface area contributed by atoms with E-state index in [1.54, 1.807) is 48.5 Å². The number of rotatable bonds is 10. The van der Waals surface area contributed by atoms with E-state index in [-0.39, 0.29) is 34.5 Å². The van der Waals surface area contributed by atoms with Gasteiger partial charge in [-0.3, -0.25) is 5.41 Å². The summed E-state index contributed by atoms with van der Waals surface area (Å²) in [5, 5.41) is 22.5. The van der Waals surface area contributed by atoms with Crippen molar-refractivity contribution in [2.75, 3.05) is 0 Å². The van der Waals surface area contributed by atoms with E-state index in [4.69, 9.17) is 16.9 Å². The molecule has 9 heteroatoms. The maximum Gasteiger partial charge on any atom is 0.139 e. The summed E-state index contributed by atoms with van der Waals surface area (Å²) in [6.45, 7) is 8.58. The molecule has 4 aromatic rings. The third kappa shape index (κ3) is 6.79. The molecule has 0 spiro atoms. The van der Waals surface area contributed by atoms with E-state index in [9.17, 15) is 5.21 Å². The van der Waals surface area contributed by atoms with E-state index in [1.807, 2.05) is 12.1 Å². The first kappa shape index (κ1) is 32.3. The van der Waals surface area contributed by atoms with Crippen LogP contribution in [0.25, 0.3) is 32.0 Å². The number of halogens is 2. The average Bonchev–Trinajstić information content (AvgIpc) is 3.67. The first-order valence-corrected chi connectivity index (χ1v) is 16.7. The van der Waals surface area contributed by atoms with Crippen molar-refractivity contribution in [1.82, 2.24) is 0 Å². The van der Waals surface area contributed by atoms with Crippen molar-refractivity contribution in [2.45, 2.75) is 53.4 Å². The molecule has 5 nitrogen and oxygen atoms in total. The van der Waals surface area contributed by atoms with Gasteiger partial charge in [-0.05, 0) is 85.0 Å². The van der Waals surface area contributed by atoms with Gasteiger partial charge < -0.3 is 16.7 Å². The second kappa shape index (κ2) is 13.5. The van der Waals surface area contributed by atoms with Gasteiger partial charge in [-0.15, -0.1) is 22.7 Å². The van der Waals surface area contributed by atoms with Gasteiger partial charge in [0.15, 0.2) is 0 Å². The number of allylic oxidation sites excluding steroid dienone is 2. The second-order valence-electron chi connectivity index (χ2n) is 12.2. The lowest BCUT2D eigenvalue weighted by atomic mass is 9.88. The highest BCUT2D eigenvalue weighted by Crippen LogP contribution is 2.42. The highest BCUT2D eigenvalue weighted by Gasteiger charge is 2.32. The fourth-order valence-electron chi connectivity index (χ4n) is 5.35. The molecule has 2 heterocycles. The number of aryl methyl sites for hydroxylation is 2. The Morgan fingerprint density at radius 2 is 1.11 bits per heavy atom. The minimum atomic E-state index is -0.309. The van der Waals surface area contributed by atoms with Gasteiger partial charge in [0.2, 0.25) is 0 Å². The lowest BCUT2D eigenvalue weighted by molar-refractivity contribution is 0.321. The SMILES string of the molecule is CC(C)CCc1ccc(-c2ccc(C3=C(N)C(N)=C(c4ccc(-c5ccc(CCC(C)C)cc5F)s4)/C(=N/O)C3=N)s2)c(F)c1. The Labute approximate surface area is 271 Å². The lowest BCUT2D eigenvalue weighted by Crippen LogP contribution is -2.29.